The maximum Gasteiger partial charge on any atom is 0.110 e. The van der Waals surface area contributed by atoms with Crippen LogP contribution >= 0.6 is 0 Å². The fraction of sp³-hybridized carbons (Fsp3) is 0.524. The van der Waals surface area contributed by atoms with Crippen LogP contribution in [0.4, 0.5) is 0 Å². The van der Waals surface area contributed by atoms with Gasteiger partial charge in [0.2, 0.25) is 0 Å². The lowest BCUT2D eigenvalue weighted by Crippen LogP contribution is -2.30. The van der Waals surface area contributed by atoms with Gasteiger partial charge in [-0.1, -0.05) is 18.6 Å². The van der Waals surface area contributed by atoms with Crippen molar-refractivity contribution in [2.45, 2.75) is 45.3 Å². The van der Waals surface area contributed by atoms with E-state index in [0.717, 1.165) is 44.7 Å². The molecule has 2 aromatic rings. The maximum atomic E-state index is 9.09. The molecule has 1 saturated heterocycles. The molecule has 0 atom stereocenters. The predicted molar refractivity (Wildman–Crippen MR) is 101 cm³/mol. The van der Waals surface area contributed by atoms with Crippen molar-refractivity contribution in [3.63, 3.8) is 0 Å². The quantitative estimate of drug-likeness (QED) is 0.852. The molecule has 26 heavy (non-hydrogen) atoms. The third-order valence-corrected chi connectivity index (χ3v) is 5.61. The molecular formula is C21H27N5. The number of likely N-dealkylation sites (tertiary alicyclic amines) is 1. The third kappa shape index (κ3) is 3.98. The highest BCUT2D eigenvalue weighted by atomic mass is 15.2. The number of nitrogens with zero attached hydrogens (tertiary/aromatic N) is 5. The summed E-state index contributed by atoms with van der Waals surface area (Å²) in [6.07, 6.45) is 7.13. The number of benzene rings is 1. The molecule has 4 rings (SSSR count). The Labute approximate surface area is 155 Å². The fourth-order valence-corrected chi connectivity index (χ4v) is 4.17. The second-order valence-corrected chi connectivity index (χ2v) is 7.49. The summed E-state index contributed by atoms with van der Waals surface area (Å²) in [5, 5.41) is 9.09. The zero-order valence-corrected chi connectivity index (χ0v) is 15.4. The minimum Gasteiger partial charge on any atom is -0.329 e. The Morgan fingerprint density at radius 1 is 0.962 bits per heavy atom. The highest BCUT2D eigenvalue weighted by molar-refractivity contribution is 5.32. The minimum absolute atomic E-state index is 0.745. The smallest absolute Gasteiger partial charge is 0.110 e. The Hall–Kier alpha value is -2.16. The summed E-state index contributed by atoms with van der Waals surface area (Å²) in [4.78, 5) is 9.77. The molecule has 0 radical (unpaired) electrons. The zero-order valence-electron chi connectivity index (χ0n) is 15.4. The molecule has 5 nitrogen and oxygen atoms in total. The van der Waals surface area contributed by atoms with E-state index >= 15 is 0 Å². The van der Waals surface area contributed by atoms with Crippen LogP contribution in [0.1, 0.15) is 41.9 Å². The van der Waals surface area contributed by atoms with Crippen molar-refractivity contribution in [2.75, 3.05) is 26.2 Å². The van der Waals surface area contributed by atoms with Gasteiger partial charge in [-0.05, 0) is 43.6 Å². The Morgan fingerprint density at radius 3 is 2.65 bits per heavy atom. The first kappa shape index (κ1) is 17.3. The molecule has 136 valence electrons. The number of fused-ring (bicyclic) bond motifs is 1. The lowest BCUT2D eigenvalue weighted by molar-refractivity contribution is 0.214. The normalized spacial score (nSPS) is 18.9. The van der Waals surface area contributed by atoms with Crippen LogP contribution < -0.4 is 0 Å². The first-order valence-corrected chi connectivity index (χ1v) is 9.79. The van der Waals surface area contributed by atoms with Crippen LogP contribution in [0.2, 0.25) is 0 Å². The first-order chi connectivity index (χ1) is 12.8. The van der Waals surface area contributed by atoms with Gasteiger partial charge in [0.1, 0.15) is 5.82 Å². The molecule has 2 aliphatic heterocycles. The van der Waals surface area contributed by atoms with E-state index in [-0.39, 0.29) is 0 Å². The number of rotatable bonds is 4. The molecule has 0 aliphatic carbocycles. The summed E-state index contributed by atoms with van der Waals surface area (Å²) >= 11 is 0. The van der Waals surface area contributed by atoms with Gasteiger partial charge in [0.25, 0.3) is 0 Å². The van der Waals surface area contributed by atoms with Crippen LogP contribution in [-0.4, -0.2) is 45.5 Å². The second kappa shape index (κ2) is 8.03. The second-order valence-electron chi connectivity index (χ2n) is 7.49. The van der Waals surface area contributed by atoms with Crippen LogP contribution in [0.15, 0.2) is 30.5 Å². The average molecular weight is 349 g/mol. The summed E-state index contributed by atoms with van der Waals surface area (Å²) in [6, 6.07) is 10.2. The Bertz CT molecular complexity index is 782. The summed E-state index contributed by atoms with van der Waals surface area (Å²) in [5.74, 6) is 1.23. The molecule has 5 heteroatoms. The number of piperidine rings is 1. The van der Waals surface area contributed by atoms with Gasteiger partial charge >= 0.3 is 0 Å². The number of aromatic nitrogens is 2. The van der Waals surface area contributed by atoms with Crippen LogP contribution in [0, 0.1) is 11.3 Å². The molecule has 2 aliphatic rings. The molecule has 3 heterocycles. The highest BCUT2D eigenvalue weighted by Gasteiger charge is 2.19. The van der Waals surface area contributed by atoms with Gasteiger partial charge in [0.15, 0.2) is 0 Å². The molecule has 0 spiro atoms. The predicted octanol–water partition coefficient (Wildman–Crippen LogP) is 2.80. The van der Waals surface area contributed by atoms with E-state index in [1.54, 1.807) is 0 Å². The standard InChI is InChI=1S/C21H27N5/c22-14-18-5-4-6-19(13-18)16-25-10-7-21-23-15-20(26(21)12-11-25)17-24-8-2-1-3-9-24/h4-6,13,15H,1-3,7-12,16-17H2. The van der Waals surface area contributed by atoms with Crippen molar-refractivity contribution in [3.8, 4) is 6.07 Å². The number of hydrogen-bond acceptors (Lipinski definition) is 4. The third-order valence-electron chi connectivity index (χ3n) is 5.61. The molecule has 0 N–H and O–H groups in total. The van der Waals surface area contributed by atoms with Crippen LogP contribution in [-0.2, 0) is 26.1 Å². The van der Waals surface area contributed by atoms with Crippen molar-refractivity contribution in [1.82, 2.24) is 19.4 Å². The molecule has 0 saturated carbocycles. The van der Waals surface area contributed by atoms with Crippen molar-refractivity contribution < 1.29 is 0 Å². The van der Waals surface area contributed by atoms with E-state index in [2.05, 4.69) is 32.7 Å². The monoisotopic (exact) mass is 349 g/mol. The van der Waals surface area contributed by atoms with E-state index in [9.17, 15) is 0 Å². The van der Waals surface area contributed by atoms with Gasteiger partial charge in [0.05, 0.1) is 17.3 Å². The van der Waals surface area contributed by atoms with Gasteiger partial charge in [-0.15, -0.1) is 0 Å². The van der Waals surface area contributed by atoms with Crippen LogP contribution in [0.25, 0.3) is 0 Å². The van der Waals surface area contributed by atoms with E-state index < -0.39 is 0 Å². The number of imidazole rings is 1. The molecule has 0 unspecified atom stereocenters. The summed E-state index contributed by atoms with van der Waals surface area (Å²) in [6.45, 7) is 7.46. The van der Waals surface area contributed by atoms with Gasteiger partial charge in [-0.25, -0.2) is 4.98 Å². The lowest BCUT2D eigenvalue weighted by Gasteiger charge is -2.26. The first-order valence-electron chi connectivity index (χ1n) is 9.79. The summed E-state index contributed by atoms with van der Waals surface area (Å²) in [7, 11) is 0. The van der Waals surface area contributed by atoms with Crippen molar-refractivity contribution in [2.24, 2.45) is 0 Å². The van der Waals surface area contributed by atoms with E-state index in [1.165, 1.54) is 49.4 Å². The topological polar surface area (TPSA) is 48.1 Å². The van der Waals surface area contributed by atoms with Crippen molar-refractivity contribution in [3.05, 3.63) is 53.1 Å². The van der Waals surface area contributed by atoms with Gasteiger partial charge < -0.3 is 4.57 Å². The summed E-state index contributed by atoms with van der Waals surface area (Å²) < 4.78 is 2.44. The van der Waals surface area contributed by atoms with Gasteiger partial charge in [-0.2, -0.15) is 5.26 Å². The average Bonchev–Trinajstić information content (AvgIpc) is 2.94. The Kier molecular flexibility index (Phi) is 5.33. The van der Waals surface area contributed by atoms with E-state index in [0.29, 0.717) is 0 Å². The molecule has 1 aromatic carbocycles. The molecule has 1 aromatic heterocycles. The van der Waals surface area contributed by atoms with Crippen molar-refractivity contribution in [1.29, 1.82) is 5.26 Å². The van der Waals surface area contributed by atoms with Crippen LogP contribution in [0.3, 0.4) is 0 Å². The Morgan fingerprint density at radius 2 is 1.81 bits per heavy atom. The Balaban J connectivity index is 1.40. The largest absolute Gasteiger partial charge is 0.329 e. The highest BCUT2D eigenvalue weighted by Crippen LogP contribution is 2.18. The molecule has 1 fully saturated rings. The van der Waals surface area contributed by atoms with Gasteiger partial charge in [0, 0.05) is 45.3 Å². The maximum absolute atomic E-state index is 9.09. The molecule has 0 bridgehead atoms. The van der Waals surface area contributed by atoms with Crippen LogP contribution in [0.5, 0.6) is 0 Å². The lowest BCUT2D eigenvalue weighted by atomic mass is 10.1. The number of hydrogen-bond donors (Lipinski definition) is 0. The summed E-state index contributed by atoms with van der Waals surface area (Å²) in [5.41, 5.74) is 3.33. The zero-order chi connectivity index (χ0) is 17.8. The number of nitriles is 1. The van der Waals surface area contributed by atoms with Gasteiger partial charge in [-0.3, -0.25) is 9.80 Å². The minimum atomic E-state index is 0.745. The van der Waals surface area contributed by atoms with E-state index in [4.69, 9.17) is 10.2 Å². The van der Waals surface area contributed by atoms with Crippen molar-refractivity contribution >= 4 is 0 Å². The van der Waals surface area contributed by atoms with E-state index in [1.807, 2.05) is 18.2 Å². The molecule has 0 amide bonds. The SMILES string of the molecule is N#Cc1cccc(CN2CCc3ncc(CN4CCCCC4)n3CC2)c1. The fourth-order valence-electron chi connectivity index (χ4n) is 4.17. The molecular weight excluding hydrogens is 322 g/mol.